The molecule has 2 N–H and O–H groups in total. The zero-order chi connectivity index (χ0) is 40.7. The molecule has 1 aromatic carbocycles. The van der Waals surface area contributed by atoms with Crippen molar-refractivity contribution in [2.24, 2.45) is 5.41 Å². The van der Waals surface area contributed by atoms with Gasteiger partial charge in [0, 0.05) is 55.5 Å². The van der Waals surface area contributed by atoms with Gasteiger partial charge in [-0.25, -0.2) is 0 Å². The van der Waals surface area contributed by atoms with Crippen LogP contribution < -0.4 is 9.47 Å². The number of carboxylic acids is 1. The van der Waals surface area contributed by atoms with E-state index in [0.29, 0.717) is 41.9 Å². The van der Waals surface area contributed by atoms with Gasteiger partial charge < -0.3 is 34.4 Å². The molecule has 0 bridgehead atoms. The summed E-state index contributed by atoms with van der Waals surface area (Å²) in [5.41, 5.74) is -4.56. The molecular weight excluding hydrogens is 768 g/mol. The summed E-state index contributed by atoms with van der Waals surface area (Å²) in [7, 11) is 1.34. The highest BCUT2D eigenvalue weighted by molar-refractivity contribution is 7.10. The second-order valence-electron chi connectivity index (χ2n) is 15.3. The molecule has 1 aliphatic carbocycles. The Hall–Kier alpha value is -4.25. The minimum absolute atomic E-state index is 0.0111. The number of piperidine rings is 2. The summed E-state index contributed by atoms with van der Waals surface area (Å²) in [5.74, 6) is -2.36. The van der Waals surface area contributed by atoms with Crippen molar-refractivity contribution in [3.05, 3.63) is 70.1 Å². The number of aliphatic hydroxyl groups is 1. The van der Waals surface area contributed by atoms with Gasteiger partial charge in [-0.15, -0.1) is 11.3 Å². The molecule has 3 aliphatic heterocycles. The monoisotopic (exact) mass is 813 g/mol. The number of carboxylic acid groups (broad SMARTS) is 1. The minimum Gasteiger partial charge on any atom is -0.493 e. The number of rotatable bonds is 12. The van der Waals surface area contributed by atoms with E-state index in [-0.39, 0.29) is 70.5 Å². The number of halogens is 6. The Morgan fingerprint density at radius 3 is 2.29 bits per heavy atom. The van der Waals surface area contributed by atoms with Gasteiger partial charge in [-0.2, -0.15) is 26.3 Å². The molecule has 56 heavy (non-hydrogen) atoms. The molecule has 10 nitrogen and oxygen atoms in total. The molecular formula is C39H45F6N3O7S. The Morgan fingerprint density at radius 2 is 1.68 bits per heavy atom. The third-order valence-electron chi connectivity index (χ3n) is 11.4. The number of hydrogen-bond donors (Lipinski definition) is 2. The molecule has 1 aromatic heterocycles. The van der Waals surface area contributed by atoms with Crippen molar-refractivity contribution in [3.8, 4) is 11.5 Å². The second-order valence-corrected chi connectivity index (χ2v) is 16.2. The number of benzene rings is 1. The zero-order valence-electron chi connectivity index (χ0n) is 31.0. The lowest BCUT2D eigenvalue weighted by Gasteiger charge is -2.52. The number of likely N-dealkylation sites (tertiary alicyclic amines) is 2. The number of aliphatic carboxylic acids is 1. The standard InChI is InChI=1S/C39H45F6N3O7S/c1-3-8-29-37(55-25-21-30(56-23-25)39(43,44)45,12-7-18-48(29)33(51)32-27(38(40,41)42)10-6-17-46(32)2)34(52)47-19-15-36(53,16-20-47)26-9-4-5-11-28(26)54-24-35(13-14-35)22-31(49)50/h4-6,9-11,17,21,23,29,32,53H,3,7-8,12-16,18-20,22,24H2,1-2H3,(H,49,50). The summed E-state index contributed by atoms with van der Waals surface area (Å²) in [4.78, 5) is 43.6. The number of nitrogens with zero attached hydrogens (tertiary/aromatic N) is 3. The van der Waals surface area contributed by atoms with Crippen LogP contribution in [0, 0.1) is 5.41 Å². The first-order valence-corrected chi connectivity index (χ1v) is 19.5. The second kappa shape index (κ2) is 15.6. The van der Waals surface area contributed by atoms with E-state index in [0.717, 1.165) is 22.4 Å². The molecule has 3 fully saturated rings. The van der Waals surface area contributed by atoms with E-state index < -0.39 is 69.3 Å². The first kappa shape index (κ1) is 41.4. The van der Waals surface area contributed by atoms with Crippen molar-refractivity contribution in [2.75, 3.05) is 33.3 Å². The van der Waals surface area contributed by atoms with Gasteiger partial charge in [-0.3, -0.25) is 14.4 Å². The molecule has 3 unspecified atom stereocenters. The van der Waals surface area contributed by atoms with Crippen LogP contribution in [0.4, 0.5) is 26.3 Å². The van der Waals surface area contributed by atoms with Gasteiger partial charge in [0.05, 0.1) is 30.2 Å². The van der Waals surface area contributed by atoms with Crippen molar-refractivity contribution in [1.82, 2.24) is 14.7 Å². The Labute approximate surface area is 324 Å². The molecule has 4 heterocycles. The topological polar surface area (TPSA) is 120 Å². The summed E-state index contributed by atoms with van der Waals surface area (Å²) < 4.78 is 96.5. The summed E-state index contributed by atoms with van der Waals surface area (Å²) in [6.07, 6.45) is -4.27. The van der Waals surface area contributed by atoms with Crippen LogP contribution in [-0.4, -0.2) is 99.8 Å². The van der Waals surface area contributed by atoms with Crippen molar-refractivity contribution < 1.29 is 60.4 Å². The zero-order valence-corrected chi connectivity index (χ0v) is 31.8. The maximum atomic E-state index is 15.0. The number of hydrogen-bond acceptors (Lipinski definition) is 8. The van der Waals surface area contributed by atoms with Crippen LogP contribution in [0.25, 0.3) is 0 Å². The van der Waals surface area contributed by atoms with Crippen LogP contribution in [0.2, 0.25) is 0 Å². The number of likely N-dealkylation sites (N-methyl/N-ethyl adjacent to an activating group) is 1. The van der Waals surface area contributed by atoms with Crippen molar-refractivity contribution in [3.63, 3.8) is 0 Å². The number of ether oxygens (including phenoxy) is 2. The first-order valence-electron chi connectivity index (χ1n) is 18.6. The molecule has 1 saturated carbocycles. The van der Waals surface area contributed by atoms with Crippen LogP contribution in [0.1, 0.15) is 75.2 Å². The molecule has 2 saturated heterocycles. The number of para-hydroxylation sites is 1. The van der Waals surface area contributed by atoms with Gasteiger partial charge in [0.25, 0.3) is 5.91 Å². The Kier molecular flexibility index (Phi) is 11.5. The molecule has 306 valence electrons. The van der Waals surface area contributed by atoms with Gasteiger partial charge >= 0.3 is 18.3 Å². The largest absolute Gasteiger partial charge is 0.493 e. The summed E-state index contributed by atoms with van der Waals surface area (Å²) in [5, 5.41) is 22.5. The predicted octanol–water partition coefficient (Wildman–Crippen LogP) is 7.14. The van der Waals surface area contributed by atoms with Crippen molar-refractivity contribution in [2.45, 2.75) is 100 Å². The highest BCUT2D eigenvalue weighted by Crippen LogP contribution is 2.50. The van der Waals surface area contributed by atoms with E-state index >= 15 is 4.79 Å². The quantitative estimate of drug-likeness (QED) is 0.217. The Bertz CT molecular complexity index is 1850. The molecule has 6 rings (SSSR count). The molecule has 0 radical (unpaired) electrons. The predicted molar refractivity (Wildman–Crippen MR) is 193 cm³/mol. The highest BCUT2D eigenvalue weighted by atomic mass is 32.1. The average Bonchev–Trinajstić information content (AvgIpc) is 3.72. The molecule has 0 spiro atoms. The SMILES string of the molecule is CCCC1N(C(=O)C2C(C(F)(F)F)=CC=CN2C)CCCC1(Oc1csc(C(F)(F)F)c1)C(=O)N1CCC(O)(c2ccccc2OCC2(CC(=O)O)CC2)CC1. The van der Waals surface area contributed by atoms with E-state index in [1.165, 1.54) is 29.1 Å². The molecule has 4 aliphatic rings. The molecule has 3 atom stereocenters. The number of carbonyl (C=O) groups is 3. The number of allylic oxidation sites excluding steroid dienone is 2. The van der Waals surface area contributed by atoms with Gasteiger partial charge in [0.15, 0.2) is 0 Å². The summed E-state index contributed by atoms with van der Waals surface area (Å²) >= 11 is 0.373. The van der Waals surface area contributed by atoms with E-state index in [1.807, 2.05) is 0 Å². The Balaban J connectivity index is 1.30. The van der Waals surface area contributed by atoms with Gasteiger partial charge in [-0.05, 0) is 56.9 Å². The number of alkyl halides is 6. The fraction of sp³-hybridized carbons (Fsp3) is 0.564. The van der Waals surface area contributed by atoms with E-state index in [9.17, 15) is 46.1 Å². The highest BCUT2D eigenvalue weighted by Gasteiger charge is 2.58. The maximum Gasteiger partial charge on any atom is 0.425 e. The normalized spacial score (nSPS) is 24.7. The lowest BCUT2D eigenvalue weighted by Crippen LogP contribution is -2.70. The van der Waals surface area contributed by atoms with Crippen LogP contribution in [0.5, 0.6) is 11.5 Å². The van der Waals surface area contributed by atoms with Crippen molar-refractivity contribution in [1.29, 1.82) is 0 Å². The molecule has 2 amide bonds. The molecule has 17 heteroatoms. The maximum absolute atomic E-state index is 15.0. The Morgan fingerprint density at radius 1 is 0.982 bits per heavy atom. The fourth-order valence-electron chi connectivity index (χ4n) is 8.24. The lowest BCUT2D eigenvalue weighted by molar-refractivity contribution is -0.171. The van der Waals surface area contributed by atoms with Crippen LogP contribution in [-0.2, 0) is 26.2 Å². The number of thiophene rings is 1. The van der Waals surface area contributed by atoms with E-state index in [2.05, 4.69) is 0 Å². The fourth-order valence-corrected chi connectivity index (χ4v) is 8.92. The third-order valence-corrected chi connectivity index (χ3v) is 12.3. The summed E-state index contributed by atoms with van der Waals surface area (Å²) in [6, 6.07) is 4.69. The third kappa shape index (κ3) is 8.38. The van der Waals surface area contributed by atoms with Crippen molar-refractivity contribution >= 4 is 29.1 Å². The number of amides is 2. The van der Waals surface area contributed by atoms with Gasteiger partial charge in [0.1, 0.15) is 22.4 Å². The summed E-state index contributed by atoms with van der Waals surface area (Å²) in [6.45, 7) is 1.85. The van der Waals surface area contributed by atoms with Gasteiger partial charge in [0.2, 0.25) is 11.5 Å². The smallest absolute Gasteiger partial charge is 0.425 e. The van der Waals surface area contributed by atoms with Crippen LogP contribution in [0.15, 0.2) is 59.6 Å². The van der Waals surface area contributed by atoms with Crippen LogP contribution >= 0.6 is 11.3 Å². The van der Waals surface area contributed by atoms with Gasteiger partial charge in [-0.1, -0.05) is 37.6 Å². The number of carbonyl (C=O) groups excluding carboxylic acids is 2. The minimum atomic E-state index is -4.85. The lowest BCUT2D eigenvalue weighted by atomic mass is 9.78. The average molecular weight is 814 g/mol. The van der Waals surface area contributed by atoms with E-state index in [4.69, 9.17) is 9.47 Å². The molecule has 2 aromatic rings. The van der Waals surface area contributed by atoms with Crippen LogP contribution in [0.3, 0.4) is 0 Å². The first-order chi connectivity index (χ1) is 26.3. The van der Waals surface area contributed by atoms with E-state index in [1.54, 1.807) is 31.2 Å².